The highest BCUT2D eigenvalue weighted by Crippen LogP contribution is 2.42. The first kappa shape index (κ1) is 44.1. The summed E-state index contributed by atoms with van der Waals surface area (Å²) in [6.45, 7) is 0. The Balaban J connectivity index is 1.02. The third kappa shape index (κ3) is 7.35. The van der Waals surface area contributed by atoms with Gasteiger partial charge in [0.15, 0.2) is 13.9 Å². The zero-order valence-corrected chi connectivity index (χ0v) is 42.0. The fourth-order valence-corrected chi connectivity index (χ4v) is 16.6. The van der Waals surface area contributed by atoms with E-state index in [-0.39, 0.29) is 0 Å². The largest absolute Gasteiger partial charge is 0.309 e. The van der Waals surface area contributed by atoms with Gasteiger partial charge in [0.05, 0.1) is 27.8 Å². The summed E-state index contributed by atoms with van der Waals surface area (Å²) in [6.07, 6.45) is 0. The zero-order valence-electron chi connectivity index (χ0n) is 41.0. The molecule has 14 aromatic rings. The molecular weight excluding hydrogens is 925 g/mol. The molecule has 0 aliphatic carbocycles. The minimum atomic E-state index is -2.79. The molecular formula is C70H48N4Si. The number of fused-ring (bicyclic) bond motifs is 6. The number of hydrogen-bond acceptors (Lipinski definition) is 2. The summed E-state index contributed by atoms with van der Waals surface area (Å²) in [4.78, 5) is 11.4. The Labute approximate surface area is 436 Å². The highest BCUT2D eigenvalue weighted by atomic mass is 28.3. The van der Waals surface area contributed by atoms with Crippen molar-refractivity contribution in [1.29, 1.82) is 0 Å². The Morgan fingerprint density at radius 3 is 1.20 bits per heavy atom. The van der Waals surface area contributed by atoms with Crippen molar-refractivity contribution in [1.82, 2.24) is 19.1 Å². The summed E-state index contributed by atoms with van der Waals surface area (Å²) >= 11 is 0. The molecule has 0 amide bonds. The van der Waals surface area contributed by atoms with Crippen molar-refractivity contribution in [2.24, 2.45) is 0 Å². The van der Waals surface area contributed by atoms with Gasteiger partial charge in [0, 0.05) is 44.4 Å². The van der Waals surface area contributed by atoms with Crippen molar-refractivity contribution in [3.05, 3.63) is 291 Å². The summed E-state index contributed by atoms with van der Waals surface area (Å²) in [6, 6.07) is 106. The summed E-state index contributed by atoms with van der Waals surface area (Å²) in [5.74, 6) is 1.44. The van der Waals surface area contributed by atoms with Crippen LogP contribution in [0.3, 0.4) is 0 Å². The van der Waals surface area contributed by atoms with Gasteiger partial charge in [-0.1, -0.05) is 249 Å². The zero-order chi connectivity index (χ0) is 49.7. The second kappa shape index (κ2) is 18.4. The first-order valence-electron chi connectivity index (χ1n) is 25.7. The third-order valence-electron chi connectivity index (χ3n) is 15.1. The quantitative estimate of drug-likeness (QED) is 0.101. The van der Waals surface area contributed by atoms with Crippen LogP contribution in [0.25, 0.3) is 100 Å². The van der Waals surface area contributed by atoms with Crippen LogP contribution in [0.2, 0.25) is 0 Å². The Bertz CT molecular complexity index is 4170. The molecule has 0 aliphatic rings. The molecule has 4 nitrogen and oxygen atoms in total. The number of para-hydroxylation sites is 3. The van der Waals surface area contributed by atoms with Crippen molar-refractivity contribution >= 4 is 72.4 Å². The molecule has 0 atom stereocenters. The molecule has 11 aromatic carbocycles. The summed E-state index contributed by atoms with van der Waals surface area (Å²) < 4.78 is 4.74. The van der Waals surface area contributed by atoms with Gasteiger partial charge in [-0.3, -0.25) is 4.57 Å². The fourth-order valence-electron chi connectivity index (χ4n) is 11.8. The Morgan fingerprint density at radius 1 is 0.280 bits per heavy atom. The van der Waals surface area contributed by atoms with Gasteiger partial charge >= 0.3 is 0 Å². The van der Waals surface area contributed by atoms with Crippen LogP contribution < -0.4 is 20.7 Å². The average Bonchev–Trinajstić information content (AvgIpc) is 4.03. The molecule has 5 heteroatoms. The molecule has 0 spiro atoms. The van der Waals surface area contributed by atoms with Crippen molar-refractivity contribution in [3.8, 4) is 56.4 Å². The van der Waals surface area contributed by atoms with E-state index in [2.05, 4.69) is 300 Å². The lowest BCUT2D eigenvalue weighted by atomic mass is 9.91. The normalized spacial score (nSPS) is 11.7. The monoisotopic (exact) mass is 972 g/mol. The minimum absolute atomic E-state index is 0.652. The number of aromatic nitrogens is 4. The van der Waals surface area contributed by atoms with Gasteiger partial charge in [0.2, 0.25) is 0 Å². The van der Waals surface area contributed by atoms with E-state index in [0.29, 0.717) is 5.82 Å². The molecule has 0 bridgehead atoms. The van der Waals surface area contributed by atoms with E-state index in [0.717, 1.165) is 72.4 Å². The Morgan fingerprint density at radius 2 is 0.693 bits per heavy atom. The smallest absolute Gasteiger partial charge is 0.179 e. The van der Waals surface area contributed by atoms with Crippen LogP contribution in [0.4, 0.5) is 0 Å². The second-order valence-electron chi connectivity index (χ2n) is 19.2. The van der Waals surface area contributed by atoms with Crippen LogP contribution in [0.15, 0.2) is 291 Å². The molecule has 75 heavy (non-hydrogen) atoms. The van der Waals surface area contributed by atoms with Crippen molar-refractivity contribution in [2.45, 2.75) is 0 Å². The lowest BCUT2D eigenvalue weighted by Gasteiger charge is -2.34. The van der Waals surface area contributed by atoms with Crippen LogP contribution >= 0.6 is 0 Å². The minimum Gasteiger partial charge on any atom is -0.309 e. The summed E-state index contributed by atoms with van der Waals surface area (Å²) in [5, 5.41) is 10.1. The van der Waals surface area contributed by atoms with E-state index in [4.69, 9.17) is 9.97 Å². The third-order valence-corrected chi connectivity index (χ3v) is 19.9. The van der Waals surface area contributed by atoms with Gasteiger partial charge in [-0.2, -0.15) is 0 Å². The molecule has 0 aliphatic heterocycles. The number of nitrogens with zero attached hydrogens (tertiary/aromatic N) is 4. The Hall–Kier alpha value is -9.68. The van der Waals surface area contributed by atoms with Gasteiger partial charge in [-0.25, -0.2) is 9.97 Å². The molecule has 3 heterocycles. The Kier molecular flexibility index (Phi) is 10.8. The van der Waals surface area contributed by atoms with E-state index in [1.165, 1.54) is 42.6 Å². The van der Waals surface area contributed by atoms with E-state index in [1.54, 1.807) is 0 Å². The van der Waals surface area contributed by atoms with E-state index in [1.807, 2.05) is 0 Å². The van der Waals surface area contributed by atoms with E-state index < -0.39 is 8.07 Å². The SMILES string of the molecule is c1ccc(-c2cccc(-c3ccccc3)c2-c2nc(-c3ccc([Si](c4ccccc4)(c4ccccc4)c4ccccc4)cc3)cc(-n3c4ccccc4c4cc(-n5c6ccccc6c6ccccc65)ccc43)n2)cc1. The fraction of sp³-hybridized carbons (Fsp3) is 0. The molecule has 0 unspecified atom stereocenters. The van der Waals surface area contributed by atoms with Crippen molar-refractivity contribution in [3.63, 3.8) is 0 Å². The van der Waals surface area contributed by atoms with Crippen LogP contribution in [0, 0.1) is 0 Å². The van der Waals surface area contributed by atoms with E-state index >= 15 is 0 Å². The number of rotatable bonds is 10. The maximum absolute atomic E-state index is 5.73. The average molecular weight is 973 g/mol. The molecule has 0 saturated heterocycles. The molecule has 352 valence electrons. The standard InChI is InChI=1S/C70H48N4Si/c1-6-23-49(24-7-1)57-36-22-37-58(50-25-8-2-9-26-50)69(57)70-71-63(51-41-44-56(45-42-51)75(53-27-10-3-11-28-53,54-29-12-4-13-30-54)55-31-14-5-15-32-55)48-68(72-70)74-66-40-21-18-35-61(66)62-47-52(43-46-67(62)74)73-64-38-19-16-33-59(64)60-34-17-20-39-65(60)73/h1-48H. The number of benzene rings is 11. The first-order valence-corrected chi connectivity index (χ1v) is 27.7. The first-order chi connectivity index (χ1) is 37.2. The van der Waals surface area contributed by atoms with Gasteiger partial charge in [0.25, 0.3) is 0 Å². The topological polar surface area (TPSA) is 35.6 Å². The predicted octanol–water partition coefficient (Wildman–Crippen LogP) is 14.7. The lowest BCUT2D eigenvalue weighted by molar-refractivity contribution is 1.05. The molecule has 0 fully saturated rings. The van der Waals surface area contributed by atoms with Gasteiger partial charge in [0.1, 0.15) is 5.82 Å². The van der Waals surface area contributed by atoms with Crippen LogP contribution in [-0.2, 0) is 0 Å². The molecule has 0 radical (unpaired) electrons. The summed E-state index contributed by atoms with van der Waals surface area (Å²) in [7, 11) is -2.79. The maximum Gasteiger partial charge on any atom is 0.179 e. The van der Waals surface area contributed by atoms with Gasteiger partial charge < -0.3 is 4.57 Å². The van der Waals surface area contributed by atoms with Crippen LogP contribution in [0.5, 0.6) is 0 Å². The maximum atomic E-state index is 5.73. The highest BCUT2D eigenvalue weighted by molar-refractivity contribution is 7.19. The molecule has 14 rings (SSSR count). The number of hydrogen-bond donors (Lipinski definition) is 0. The van der Waals surface area contributed by atoms with Gasteiger partial charge in [-0.05, 0) is 79.4 Å². The van der Waals surface area contributed by atoms with E-state index in [9.17, 15) is 0 Å². The highest BCUT2D eigenvalue weighted by Gasteiger charge is 2.41. The van der Waals surface area contributed by atoms with Crippen LogP contribution in [0.1, 0.15) is 0 Å². The lowest BCUT2D eigenvalue weighted by Crippen LogP contribution is -2.74. The summed E-state index contributed by atoms with van der Waals surface area (Å²) in [5.41, 5.74) is 12.8. The predicted molar refractivity (Wildman–Crippen MR) is 316 cm³/mol. The van der Waals surface area contributed by atoms with Gasteiger partial charge in [-0.15, -0.1) is 0 Å². The van der Waals surface area contributed by atoms with Crippen LogP contribution in [-0.4, -0.2) is 27.2 Å². The van der Waals surface area contributed by atoms with Crippen molar-refractivity contribution < 1.29 is 0 Å². The second-order valence-corrected chi connectivity index (χ2v) is 23.1. The molecule has 3 aromatic heterocycles. The molecule has 0 N–H and O–H groups in total. The molecule has 0 saturated carbocycles. The van der Waals surface area contributed by atoms with Crippen molar-refractivity contribution in [2.75, 3.05) is 0 Å².